The monoisotopic (exact) mass is 419 g/mol. The molecule has 1 N–H and O–H groups in total. The Bertz CT molecular complexity index is 1110. The number of carbonyl (C=O) groups excluding carboxylic acids is 2. The van der Waals surface area contributed by atoms with E-state index < -0.39 is 0 Å². The molecule has 1 fully saturated rings. The summed E-state index contributed by atoms with van der Waals surface area (Å²) in [6.45, 7) is 3.87. The van der Waals surface area contributed by atoms with Crippen molar-refractivity contribution in [2.24, 2.45) is 17.8 Å². The molecule has 1 heterocycles. The summed E-state index contributed by atoms with van der Waals surface area (Å²) in [5.41, 5.74) is 3.50. The molecule has 2 aromatic rings. The number of ketones is 1. The number of fused-ring (bicyclic) bond motifs is 3. The van der Waals surface area contributed by atoms with E-state index in [4.69, 9.17) is 4.74 Å². The number of aryl methyl sites for hydroxylation is 1. The molecule has 1 saturated carbocycles. The van der Waals surface area contributed by atoms with Gasteiger partial charge in [0.15, 0.2) is 5.78 Å². The SMILES string of the molecule is CC(=O)c1ccc(F)c(-c2cc(C)cc3c2O[C@@H](CNC(=O)[C@H]2C[C@@H]4C=C[C@H]2C4)C3)c1. The van der Waals surface area contributed by atoms with E-state index in [-0.39, 0.29) is 29.5 Å². The van der Waals surface area contributed by atoms with E-state index in [1.54, 1.807) is 6.07 Å². The highest BCUT2D eigenvalue weighted by atomic mass is 19.1. The maximum atomic E-state index is 14.7. The minimum atomic E-state index is -0.387. The maximum Gasteiger partial charge on any atom is 0.223 e. The van der Waals surface area contributed by atoms with Gasteiger partial charge in [-0.25, -0.2) is 4.39 Å². The lowest BCUT2D eigenvalue weighted by Gasteiger charge is -2.19. The second-order valence-electron chi connectivity index (χ2n) is 9.13. The predicted molar refractivity (Wildman–Crippen MR) is 117 cm³/mol. The molecule has 3 aliphatic rings. The Morgan fingerprint density at radius 3 is 2.68 bits per heavy atom. The number of carbonyl (C=O) groups is 2. The first-order chi connectivity index (χ1) is 14.9. The van der Waals surface area contributed by atoms with Crippen LogP contribution in [0, 0.1) is 30.5 Å². The number of benzene rings is 2. The molecule has 5 rings (SSSR count). The van der Waals surface area contributed by atoms with Crippen LogP contribution in [0.5, 0.6) is 5.75 Å². The minimum Gasteiger partial charge on any atom is -0.487 e. The fourth-order valence-corrected chi connectivity index (χ4v) is 5.28. The maximum absolute atomic E-state index is 14.7. The Kier molecular flexibility index (Phi) is 4.92. The van der Waals surface area contributed by atoms with Gasteiger partial charge in [-0.3, -0.25) is 9.59 Å². The van der Waals surface area contributed by atoms with Crippen LogP contribution in [0.1, 0.15) is 41.3 Å². The van der Waals surface area contributed by atoms with Crippen molar-refractivity contribution in [3.8, 4) is 16.9 Å². The van der Waals surface area contributed by atoms with E-state index in [9.17, 15) is 14.0 Å². The van der Waals surface area contributed by atoms with Crippen LogP contribution in [0.2, 0.25) is 0 Å². The van der Waals surface area contributed by atoms with Crippen LogP contribution in [-0.4, -0.2) is 24.3 Å². The van der Waals surface area contributed by atoms with E-state index in [0.29, 0.717) is 47.2 Å². The van der Waals surface area contributed by atoms with Gasteiger partial charge in [-0.2, -0.15) is 0 Å². The molecule has 2 aliphatic carbocycles. The number of Topliss-reactive ketones (excluding diaryl/α,β-unsaturated/α-hetero) is 1. The van der Waals surface area contributed by atoms with Gasteiger partial charge >= 0.3 is 0 Å². The zero-order valence-electron chi connectivity index (χ0n) is 17.8. The van der Waals surface area contributed by atoms with Gasteiger partial charge < -0.3 is 10.1 Å². The van der Waals surface area contributed by atoms with E-state index in [1.165, 1.54) is 19.1 Å². The third-order valence-electron chi connectivity index (χ3n) is 6.82. The van der Waals surface area contributed by atoms with Crippen LogP contribution < -0.4 is 10.1 Å². The molecule has 5 heteroatoms. The number of allylic oxidation sites excluding steroid dienone is 2. The van der Waals surface area contributed by atoms with Gasteiger partial charge in [0.2, 0.25) is 5.91 Å². The summed E-state index contributed by atoms with van der Waals surface area (Å²) in [7, 11) is 0. The number of hydrogen-bond acceptors (Lipinski definition) is 3. The van der Waals surface area contributed by atoms with Gasteiger partial charge in [0.05, 0.1) is 6.54 Å². The van der Waals surface area contributed by atoms with E-state index >= 15 is 0 Å². The van der Waals surface area contributed by atoms with Gasteiger partial charge in [0.1, 0.15) is 17.7 Å². The van der Waals surface area contributed by atoms with Gasteiger partial charge in [-0.15, -0.1) is 0 Å². The molecule has 0 unspecified atom stereocenters. The predicted octanol–water partition coefficient (Wildman–Crippen LogP) is 4.64. The van der Waals surface area contributed by atoms with Crippen LogP contribution in [-0.2, 0) is 11.2 Å². The fraction of sp³-hybridized carbons (Fsp3) is 0.385. The molecule has 31 heavy (non-hydrogen) atoms. The van der Waals surface area contributed by atoms with Crippen molar-refractivity contribution in [2.75, 3.05) is 6.54 Å². The van der Waals surface area contributed by atoms with Crippen molar-refractivity contribution in [1.82, 2.24) is 5.32 Å². The molecule has 1 amide bonds. The standard InChI is InChI=1S/C26H26FNO3/c1-14-7-19-11-20(13-28-26(30)21-10-16-3-4-18(21)9-16)31-25(19)23(8-14)22-12-17(15(2)29)5-6-24(22)27/h3-8,12,16,18,20-21H,9-11,13H2,1-2H3,(H,28,30)/t16-,18+,20-,21+/m1/s1. The molecule has 2 aromatic carbocycles. The minimum absolute atomic E-state index is 0.0694. The summed E-state index contributed by atoms with van der Waals surface area (Å²) in [6, 6.07) is 8.37. The normalized spacial score (nSPS) is 25.4. The number of amides is 1. The van der Waals surface area contributed by atoms with Crippen molar-refractivity contribution in [1.29, 1.82) is 0 Å². The second kappa shape index (κ2) is 7.63. The van der Waals surface area contributed by atoms with Crippen LogP contribution >= 0.6 is 0 Å². The van der Waals surface area contributed by atoms with Crippen molar-refractivity contribution in [3.05, 3.63) is 65.0 Å². The average Bonchev–Trinajstić information content (AvgIpc) is 3.47. The lowest BCUT2D eigenvalue weighted by molar-refractivity contribution is -0.126. The molecule has 160 valence electrons. The highest BCUT2D eigenvalue weighted by Crippen LogP contribution is 2.44. The largest absolute Gasteiger partial charge is 0.487 e. The summed E-state index contributed by atoms with van der Waals surface area (Å²) in [5.74, 6) is 1.25. The van der Waals surface area contributed by atoms with Crippen molar-refractivity contribution < 1.29 is 18.7 Å². The molecule has 0 radical (unpaired) electrons. The molecule has 2 bridgehead atoms. The number of rotatable bonds is 5. The highest BCUT2D eigenvalue weighted by Gasteiger charge is 2.40. The number of ether oxygens (including phenoxy) is 1. The Morgan fingerprint density at radius 1 is 1.13 bits per heavy atom. The summed E-state index contributed by atoms with van der Waals surface area (Å²) >= 11 is 0. The number of hydrogen-bond donors (Lipinski definition) is 1. The number of nitrogens with one attached hydrogen (secondary N) is 1. The topological polar surface area (TPSA) is 55.4 Å². The molecule has 0 saturated heterocycles. The summed E-state index contributed by atoms with van der Waals surface area (Å²) in [6.07, 6.45) is 6.92. The van der Waals surface area contributed by atoms with E-state index in [2.05, 4.69) is 17.5 Å². The molecule has 0 spiro atoms. The van der Waals surface area contributed by atoms with Crippen LogP contribution in [0.4, 0.5) is 4.39 Å². The third kappa shape index (κ3) is 3.67. The van der Waals surface area contributed by atoms with E-state index in [0.717, 1.165) is 24.0 Å². The third-order valence-corrected chi connectivity index (χ3v) is 6.82. The summed E-state index contributed by atoms with van der Waals surface area (Å²) < 4.78 is 20.9. The van der Waals surface area contributed by atoms with Crippen molar-refractivity contribution >= 4 is 11.7 Å². The van der Waals surface area contributed by atoms with Crippen LogP contribution in [0.3, 0.4) is 0 Å². The molecular weight excluding hydrogens is 393 g/mol. The Labute approximate surface area is 181 Å². The zero-order chi connectivity index (χ0) is 21.7. The summed E-state index contributed by atoms with van der Waals surface area (Å²) in [4.78, 5) is 24.5. The first-order valence-electron chi connectivity index (χ1n) is 11.0. The van der Waals surface area contributed by atoms with E-state index in [1.807, 2.05) is 19.1 Å². The molecule has 4 atom stereocenters. The molecular formula is C26H26FNO3. The van der Waals surface area contributed by atoms with Crippen molar-refractivity contribution in [2.45, 2.75) is 39.2 Å². The van der Waals surface area contributed by atoms with Crippen LogP contribution in [0.15, 0.2) is 42.5 Å². The van der Waals surface area contributed by atoms with Crippen molar-refractivity contribution in [3.63, 3.8) is 0 Å². The Hall–Kier alpha value is -2.95. The molecule has 0 aromatic heterocycles. The molecule has 1 aliphatic heterocycles. The van der Waals surface area contributed by atoms with Gasteiger partial charge in [0.25, 0.3) is 0 Å². The van der Waals surface area contributed by atoms with Gasteiger partial charge in [-0.05, 0) is 73.9 Å². The lowest BCUT2D eigenvalue weighted by atomic mass is 9.93. The summed E-state index contributed by atoms with van der Waals surface area (Å²) in [5, 5.41) is 3.08. The lowest BCUT2D eigenvalue weighted by Crippen LogP contribution is -2.39. The smallest absolute Gasteiger partial charge is 0.223 e. The zero-order valence-corrected chi connectivity index (χ0v) is 17.8. The Morgan fingerprint density at radius 2 is 1.97 bits per heavy atom. The fourth-order valence-electron chi connectivity index (χ4n) is 5.28. The van der Waals surface area contributed by atoms with Gasteiger partial charge in [-0.1, -0.05) is 18.2 Å². The first kappa shape index (κ1) is 20.0. The second-order valence-corrected chi connectivity index (χ2v) is 9.13. The quantitative estimate of drug-likeness (QED) is 0.568. The van der Waals surface area contributed by atoms with Crippen LogP contribution in [0.25, 0.3) is 11.1 Å². The Balaban J connectivity index is 1.34. The first-order valence-corrected chi connectivity index (χ1v) is 11.0. The highest BCUT2D eigenvalue weighted by molar-refractivity contribution is 5.95. The number of halogens is 1. The van der Waals surface area contributed by atoms with Gasteiger partial charge in [0, 0.05) is 29.0 Å². The average molecular weight is 419 g/mol. The molecule has 4 nitrogen and oxygen atoms in total.